The van der Waals surface area contributed by atoms with Crippen molar-refractivity contribution in [2.45, 2.75) is 24.3 Å². The predicted octanol–water partition coefficient (Wildman–Crippen LogP) is 6.10. The second kappa shape index (κ2) is 8.44. The maximum Gasteiger partial charge on any atom is 0.446 e. The van der Waals surface area contributed by atoms with Gasteiger partial charge in [0.25, 0.3) is 0 Å². The Morgan fingerprint density at radius 2 is 1.85 bits per heavy atom. The van der Waals surface area contributed by atoms with Crippen molar-refractivity contribution >= 4 is 35.2 Å². The lowest BCUT2D eigenvalue weighted by Gasteiger charge is -2.13. The molecule has 0 aliphatic heterocycles. The summed E-state index contributed by atoms with van der Waals surface area (Å²) in [6.07, 6.45) is 1.56. The van der Waals surface area contributed by atoms with Gasteiger partial charge in [0.1, 0.15) is 5.69 Å². The highest BCUT2D eigenvalue weighted by atomic mass is 32.2. The van der Waals surface area contributed by atoms with Crippen LogP contribution in [0.25, 0.3) is 0 Å². The van der Waals surface area contributed by atoms with Crippen molar-refractivity contribution in [1.82, 2.24) is 4.90 Å². The molecule has 0 saturated heterocycles. The zero-order chi connectivity index (χ0) is 19.3. The normalized spacial score (nSPS) is 11.8. The average molecular weight is 385 g/mol. The second-order valence-corrected chi connectivity index (χ2v) is 6.77. The molecule has 0 radical (unpaired) electrons. The summed E-state index contributed by atoms with van der Waals surface area (Å²) in [4.78, 5) is 6.03. The van der Waals surface area contributed by atoms with Gasteiger partial charge in [0.15, 0.2) is 5.82 Å². The van der Waals surface area contributed by atoms with Crippen LogP contribution < -0.4 is 5.32 Å². The summed E-state index contributed by atoms with van der Waals surface area (Å²) in [5.41, 5.74) is -2.23. The van der Waals surface area contributed by atoms with Crippen LogP contribution in [0.4, 0.5) is 34.6 Å². The molecule has 0 atom stereocenters. The van der Waals surface area contributed by atoms with Gasteiger partial charge >= 0.3 is 5.51 Å². The first-order valence-electron chi connectivity index (χ1n) is 7.85. The van der Waals surface area contributed by atoms with E-state index in [1.54, 1.807) is 19.3 Å². The molecule has 3 nitrogen and oxygen atoms in total. The third-order valence-electron chi connectivity index (χ3n) is 3.55. The van der Waals surface area contributed by atoms with E-state index in [1.807, 2.05) is 18.9 Å². The molecule has 0 unspecified atom stereocenters. The summed E-state index contributed by atoms with van der Waals surface area (Å²) in [6.45, 7) is 4.52. The third kappa shape index (κ3) is 5.94. The molecule has 0 heterocycles. The number of aryl methyl sites for hydroxylation is 1. The molecule has 0 fully saturated rings. The maximum atomic E-state index is 14.2. The highest BCUT2D eigenvalue weighted by molar-refractivity contribution is 8.00. The Morgan fingerprint density at radius 3 is 2.42 bits per heavy atom. The molecule has 8 heteroatoms. The van der Waals surface area contributed by atoms with Gasteiger partial charge in [0, 0.05) is 29.9 Å². The maximum absolute atomic E-state index is 14.2. The van der Waals surface area contributed by atoms with E-state index in [-0.39, 0.29) is 22.3 Å². The van der Waals surface area contributed by atoms with Crippen LogP contribution in [0.3, 0.4) is 0 Å². The molecule has 2 aromatic carbocycles. The van der Waals surface area contributed by atoms with Crippen molar-refractivity contribution < 1.29 is 17.6 Å². The highest BCUT2D eigenvalue weighted by Crippen LogP contribution is 2.37. The SMILES string of the molecule is CCN(C)/C=N/c1cc(C)c(Nc2ccc(SC(F)(F)F)cc2)cc1F. The Bertz CT molecular complexity index is 773. The smallest absolute Gasteiger partial charge is 0.366 e. The molecule has 2 rings (SSSR count). The molecule has 0 aromatic heterocycles. The average Bonchev–Trinajstić information content (AvgIpc) is 2.56. The first-order chi connectivity index (χ1) is 12.2. The van der Waals surface area contributed by atoms with E-state index in [1.165, 1.54) is 30.3 Å². The molecule has 2 aromatic rings. The fourth-order valence-electron chi connectivity index (χ4n) is 2.04. The number of halogens is 4. The third-order valence-corrected chi connectivity index (χ3v) is 4.29. The number of rotatable bonds is 6. The van der Waals surface area contributed by atoms with E-state index in [0.29, 0.717) is 11.4 Å². The predicted molar refractivity (Wildman–Crippen MR) is 99.2 cm³/mol. The van der Waals surface area contributed by atoms with Crippen molar-refractivity contribution in [2.75, 3.05) is 18.9 Å². The van der Waals surface area contributed by atoms with Crippen molar-refractivity contribution in [3.8, 4) is 0 Å². The number of anilines is 2. The molecule has 0 bridgehead atoms. The molecule has 0 aliphatic carbocycles. The van der Waals surface area contributed by atoms with E-state index in [4.69, 9.17) is 0 Å². The number of aliphatic imine (C=N–C) groups is 1. The Labute approximate surface area is 154 Å². The molecule has 26 heavy (non-hydrogen) atoms. The Morgan fingerprint density at radius 1 is 1.19 bits per heavy atom. The van der Waals surface area contributed by atoms with Gasteiger partial charge in [-0.15, -0.1) is 0 Å². The van der Waals surface area contributed by atoms with Crippen molar-refractivity contribution in [3.63, 3.8) is 0 Å². The Hall–Kier alpha value is -2.22. The second-order valence-electron chi connectivity index (χ2n) is 5.63. The van der Waals surface area contributed by atoms with Gasteiger partial charge in [-0.25, -0.2) is 9.38 Å². The summed E-state index contributed by atoms with van der Waals surface area (Å²) in [6, 6.07) is 8.72. The van der Waals surface area contributed by atoms with Gasteiger partial charge in [-0.3, -0.25) is 0 Å². The van der Waals surface area contributed by atoms with Gasteiger partial charge < -0.3 is 10.2 Å². The minimum atomic E-state index is -4.32. The number of nitrogens with zero attached hydrogens (tertiary/aromatic N) is 2. The van der Waals surface area contributed by atoms with Crippen LogP contribution in [0.1, 0.15) is 12.5 Å². The monoisotopic (exact) mass is 385 g/mol. The van der Waals surface area contributed by atoms with Gasteiger partial charge in [-0.2, -0.15) is 13.2 Å². The van der Waals surface area contributed by atoms with Gasteiger partial charge in [-0.05, 0) is 67.6 Å². The minimum Gasteiger partial charge on any atom is -0.366 e. The number of hydrogen-bond acceptors (Lipinski definition) is 3. The number of hydrogen-bond donors (Lipinski definition) is 1. The fraction of sp³-hybridized carbons (Fsp3) is 0.278. The van der Waals surface area contributed by atoms with Crippen LogP contribution in [0, 0.1) is 12.7 Å². The summed E-state index contributed by atoms with van der Waals surface area (Å²) < 4.78 is 51.3. The van der Waals surface area contributed by atoms with Crippen LogP contribution >= 0.6 is 11.8 Å². The first kappa shape index (κ1) is 20.1. The van der Waals surface area contributed by atoms with E-state index in [9.17, 15) is 17.6 Å². The first-order valence-corrected chi connectivity index (χ1v) is 8.67. The zero-order valence-corrected chi connectivity index (χ0v) is 15.4. The lowest BCUT2D eigenvalue weighted by molar-refractivity contribution is -0.0328. The summed E-state index contributed by atoms with van der Waals surface area (Å²) in [5, 5.41) is 3.01. The lowest BCUT2D eigenvalue weighted by Crippen LogP contribution is -2.14. The molecular weight excluding hydrogens is 366 g/mol. The zero-order valence-electron chi connectivity index (χ0n) is 14.6. The molecule has 140 valence electrons. The van der Waals surface area contributed by atoms with Gasteiger partial charge in [-0.1, -0.05) is 0 Å². The molecule has 0 spiro atoms. The molecule has 1 N–H and O–H groups in total. The van der Waals surface area contributed by atoms with E-state index < -0.39 is 11.3 Å². The van der Waals surface area contributed by atoms with Crippen LogP contribution in [-0.4, -0.2) is 30.3 Å². The summed E-state index contributed by atoms with van der Waals surface area (Å²) in [5.74, 6) is -0.483. The van der Waals surface area contributed by atoms with E-state index in [2.05, 4.69) is 10.3 Å². The van der Waals surface area contributed by atoms with E-state index in [0.717, 1.165) is 12.1 Å². The van der Waals surface area contributed by atoms with Crippen LogP contribution in [0.5, 0.6) is 0 Å². The van der Waals surface area contributed by atoms with Crippen molar-refractivity contribution in [2.24, 2.45) is 4.99 Å². The fourth-order valence-corrected chi connectivity index (χ4v) is 2.58. The standard InChI is InChI=1S/C18H19F4N3S/c1-4-25(3)11-23-17-9-12(2)16(10-15(17)19)24-13-5-7-14(8-6-13)26-18(20,21)22/h5-11,24H,4H2,1-3H3/b23-11+. The molecule has 0 aliphatic rings. The topological polar surface area (TPSA) is 27.6 Å². The molecular formula is C18H19F4N3S. The lowest BCUT2D eigenvalue weighted by atomic mass is 10.1. The van der Waals surface area contributed by atoms with Crippen molar-refractivity contribution in [3.05, 3.63) is 47.8 Å². The van der Waals surface area contributed by atoms with E-state index >= 15 is 0 Å². The number of alkyl halides is 3. The quantitative estimate of drug-likeness (QED) is 0.282. The van der Waals surface area contributed by atoms with Gasteiger partial charge in [0.05, 0.1) is 6.34 Å². The number of benzene rings is 2. The molecule has 0 saturated carbocycles. The Balaban J connectivity index is 2.14. The number of nitrogens with one attached hydrogen (secondary N) is 1. The number of thioether (sulfide) groups is 1. The van der Waals surface area contributed by atoms with Gasteiger partial charge in [0.2, 0.25) is 0 Å². The largest absolute Gasteiger partial charge is 0.446 e. The highest BCUT2D eigenvalue weighted by Gasteiger charge is 2.29. The summed E-state index contributed by atoms with van der Waals surface area (Å²) in [7, 11) is 1.84. The Kier molecular flexibility index (Phi) is 6.52. The summed E-state index contributed by atoms with van der Waals surface area (Å²) >= 11 is -0.175. The van der Waals surface area contributed by atoms with Crippen molar-refractivity contribution in [1.29, 1.82) is 0 Å². The molecule has 0 amide bonds. The van der Waals surface area contributed by atoms with Crippen LogP contribution in [-0.2, 0) is 0 Å². The minimum absolute atomic E-state index is 0.0932. The van der Waals surface area contributed by atoms with Crippen LogP contribution in [0.15, 0.2) is 46.3 Å². The van der Waals surface area contributed by atoms with Crippen LogP contribution in [0.2, 0.25) is 0 Å².